The van der Waals surface area contributed by atoms with Gasteiger partial charge in [-0.3, -0.25) is 38.6 Å². The average Bonchev–Trinajstić information content (AvgIpc) is 3.63. The Morgan fingerprint density at radius 3 is 2.20 bits per heavy atom. The third kappa shape index (κ3) is 9.58. The second-order valence-corrected chi connectivity index (χ2v) is 13.0. The van der Waals surface area contributed by atoms with Crippen molar-refractivity contribution in [1.29, 1.82) is 0 Å². The number of carbonyl (C=O) groups excluding carboxylic acids is 6. The molecule has 0 unspecified atom stereocenters. The van der Waals surface area contributed by atoms with Crippen molar-refractivity contribution in [2.24, 2.45) is 11.1 Å². The van der Waals surface area contributed by atoms with Gasteiger partial charge >= 0.3 is 0 Å². The molecule has 0 bridgehead atoms. The van der Waals surface area contributed by atoms with Crippen LogP contribution < -0.4 is 16.4 Å². The third-order valence-corrected chi connectivity index (χ3v) is 8.08. The number of aliphatic hydroxyl groups is 1. The molecule has 0 saturated carbocycles. The van der Waals surface area contributed by atoms with Gasteiger partial charge in [-0.1, -0.05) is 51.1 Å². The van der Waals surface area contributed by atoms with Crippen LogP contribution in [0.15, 0.2) is 72.9 Å². The van der Waals surface area contributed by atoms with Crippen LogP contribution in [0.1, 0.15) is 44.5 Å². The summed E-state index contributed by atoms with van der Waals surface area (Å²) in [6.07, 6.45) is 3.05. The summed E-state index contributed by atoms with van der Waals surface area (Å²) in [5, 5.41) is 14.9. The van der Waals surface area contributed by atoms with Crippen LogP contribution in [0.5, 0.6) is 0 Å². The highest BCUT2D eigenvalue weighted by Crippen LogP contribution is 2.41. The van der Waals surface area contributed by atoms with E-state index in [0.717, 1.165) is 45.7 Å². The summed E-state index contributed by atoms with van der Waals surface area (Å²) in [7, 11) is 0. The summed E-state index contributed by atoms with van der Waals surface area (Å²) in [4.78, 5) is 77.1. The molecule has 4 rings (SSSR count). The molecule has 0 radical (unpaired) electrons. The van der Waals surface area contributed by atoms with Crippen LogP contribution in [0.3, 0.4) is 0 Å². The first kappa shape index (κ1) is 38.3. The van der Waals surface area contributed by atoms with E-state index in [-0.39, 0.29) is 30.8 Å². The Balaban J connectivity index is 1.55. The molecule has 0 spiro atoms. The number of aliphatic hydroxyl groups excluding tert-OH is 1. The molecular weight excluding hydrogens is 666 g/mol. The van der Waals surface area contributed by atoms with Crippen molar-refractivity contribution >= 4 is 35.4 Å². The lowest BCUT2D eigenvalue weighted by atomic mass is 9.82. The lowest BCUT2D eigenvalue weighted by Gasteiger charge is -2.39. The summed E-state index contributed by atoms with van der Waals surface area (Å²) in [5.74, 6) is -5.83. The van der Waals surface area contributed by atoms with Crippen molar-refractivity contribution in [3.8, 4) is 11.1 Å². The van der Waals surface area contributed by atoms with Gasteiger partial charge in [-0.2, -0.15) is 0 Å². The van der Waals surface area contributed by atoms with Crippen molar-refractivity contribution in [3.63, 3.8) is 0 Å². The minimum absolute atomic E-state index is 0.0352. The van der Waals surface area contributed by atoms with Gasteiger partial charge in [0.2, 0.25) is 17.7 Å². The van der Waals surface area contributed by atoms with Crippen LogP contribution in [0.25, 0.3) is 11.1 Å². The van der Waals surface area contributed by atoms with Gasteiger partial charge in [-0.05, 0) is 35.2 Å². The van der Waals surface area contributed by atoms with E-state index in [9.17, 15) is 42.7 Å². The van der Waals surface area contributed by atoms with E-state index in [1.807, 2.05) is 30.3 Å². The van der Waals surface area contributed by atoms with Crippen molar-refractivity contribution in [1.82, 2.24) is 25.0 Å². The smallest absolute Gasteiger partial charge is 0.255 e. The van der Waals surface area contributed by atoms with E-state index in [1.165, 1.54) is 0 Å². The normalized spacial score (nSPS) is 14.0. The predicted octanol–water partition coefficient (Wildman–Crippen LogP) is 1.79. The van der Waals surface area contributed by atoms with Crippen LogP contribution in [-0.2, 0) is 35.3 Å². The number of aromatic nitrogens is 1. The number of imide groups is 2. The number of nitrogens with zero attached hydrogens (tertiary/aromatic N) is 3. The van der Waals surface area contributed by atoms with Crippen molar-refractivity contribution < 1.29 is 42.7 Å². The number of carbonyl (C=O) groups is 6. The van der Waals surface area contributed by atoms with Gasteiger partial charge in [0.25, 0.3) is 17.7 Å². The monoisotopic (exact) mass is 706 g/mol. The largest absolute Gasteiger partial charge is 0.387 e. The number of amides is 6. The fourth-order valence-corrected chi connectivity index (χ4v) is 5.69. The number of hydrogen-bond donors (Lipinski definition) is 4. The first-order valence-electron chi connectivity index (χ1n) is 16.1. The van der Waals surface area contributed by atoms with Gasteiger partial charge in [-0.15, -0.1) is 0 Å². The maximum atomic E-state index is 15.0. The summed E-state index contributed by atoms with van der Waals surface area (Å²) in [6.45, 7) is 3.78. The van der Waals surface area contributed by atoms with Crippen LogP contribution in [-0.4, -0.2) is 87.2 Å². The zero-order chi connectivity index (χ0) is 37.5. The Bertz CT molecular complexity index is 1820. The fourth-order valence-electron chi connectivity index (χ4n) is 5.69. The SMILES string of the molecule is CC(C)(C)[C@H](c1cc(-c2cc(F)ccc2F)cn1Cc1ccccc1)N(C(=O)CO)C(=O)C[C@H](N)C(=O)NCCNC(=O)CN1C(=O)C=CC1=O. The highest BCUT2D eigenvalue weighted by molar-refractivity contribution is 6.14. The molecule has 1 aliphatic heterocycles. The summed E-state index contributed by atoms with van der Waals surface area (Å²) in [5.41, 5.74) is 6.65. The van der Waals surface area contributed by atoms with Crippen molar-refractivity contribution in [2.45, 2.75) is 45.8 Å². The van der Waals surface area contributed by atoms with Crippen LogP contribution in [0, 0.1) is 17.0 Å². The van der Waals surface area contributed by atoms with Gasteiger partial charge in [-0.25, -0.2) is 8.78 Å². The third-order valence-electron chi connectivity index (χ3n) is 8.08. The Labute approximate surface area is 293 Å². The highest BCUT2D eigenvalue weighted by atomic mass is 19.1. The van der Waals surface area contributed by atoms with Gasteiger partial charge in [0.15, 0.2) is 0 Å². The van der Waals surface area contributed by atoms with E-state index in [0.29, 0.717) is 5.69 Å². The van der Waals surface area contributed by atoms with Crippen LogP contribution >= 0.6 is 0 Å². The van der Waals surface area contributed by atoms with Gasteiger partial charge < -0.3 is 26.0 Å². The second-order valence-electron chi connectivity index (χ2n) is 13.0. The zero-order valence-corrected chi connectivity index (χ0v) is 28.4. The molecular formula is C36H40F2N6O7. The van der Waals surface area contributed by atoms with E-state index in [1.54, 1.807) is 37.6 Å². The van der Waals surface area contributed by atoms with Gasteiger partial charge in [0.1, 0.15) is 24.8 Å². The molecule has 51 heavy (non-hydrogen) atoms. The summed E-state index contributed by atoms with van der Waals surface area (Å²) in [6, 6.07) is 11.3. The summed E-state index contributed by atoms with van der Waals surface area (Å²) >= 11 is 0. The molecule has 1 aliphatic rings. The first-order chi connectivity index (χ1) is 24.1. The highest BCUT2D eigenvalue weighted by Gasteiger charge is 2.41. The van der Waals surface area contributed by atoms with Crippen molar-refractivity contribution in [3.05, 3.63) is 95.8 Å². The zero-order valence-electron chi connectivity index (χ0n) is 28.4. The molecule has 0 fully saturated rings. The second kappa shape index (κ2) is 16.4. The lowest BCUT2D eigenvalue weighted by Crippen LogP contribution is -2.51. The molecule has 13 nitrogen and oxygen atoms in total. The molecule has 1 aromatic heterocycles. The number of halogens is 2. The topological polar surface area (TPSA) is 184 Å². The molecule has 2 aromatic carbocycles. The molecule has 0 saturated heterocycles. The van der Waals surface area contributed by atoms with E-state index >= 15 is 0 Å². The Kier molecular flexibility index (Phi) is 12.3. The maximum absolute atomic E-state index is 15.0. The Morgan fingerprint density at radius 2 is 1.57 bits per heavy atom. The van der Waals surface area contributed by atoms with Crippen LogP contribution in [0.2, 0.25) is 0 Å². The Hall–Kier alpha value is -5.54. The van der Waals surface area contributed by atoms with Crippen molar-refractivity contribution in [2.75, 3.05) is 26.2 Å². The van der Waals surface area contributed by atoms with Crippen LogP contribution in [0.4, 0.5) is 8.78 Å². The van der Waals surface area contributed by atoms with E-state index < -0.39 is 84.1 Å². The molecule has 6 amide bonds. The first-order valence-corrected chi connectivity index (χ1v) is 16.1. The molecule has 3 aromatic rings. The Morgan fingerprint density at radius 1 is 0.922 bits per heavy atom. The molecule has 2 heterocycles. The number of nitrogens with two attached hydrogens (primary N) is 1. The van der Waals surface area contributed by atoms with E-state index in [4.69, 9.17) is 5.73 Å². The number of hydrogen-bond acceptors (Lipinski definition) is 8. The predicted molar refractivity (Wildman–Crippen MR) is 181 cm³/mol. The summed E-state index contributed by atoms with van der Waals surface area (Å²) < 4.78 is 31.0. The number of rotatable bonds is 14. The maximum Gasteiger partial charge on any atom is 0.255 e. The molecule has 15 heteroatoms. The molecule has 270 valence electrons. The lowest BCUT2D eigenvalue weighted by molar-refractivity contribution is -0.154. The molecule has 0 aliphatic carbocycles. The van der Waals surface area contributed by atoms with E-state index in [2.05, 4.69) is 10.6 Å². The quantitative estimate of drug-likeness (QED) is 0.145. The van der Waals surface area contributed by atoms with Gasteiger partial charge in [0, 0.05) is 54.8 Å². The minimum Gasteiger partial charge on any atom is -0.387 e. The standard InChI is InChI=1S/C36H40F2N6O7/c1-36(2,3)34(28-15-23(25-16-24(37)9-10-26(25)38)19-42(28)18-22-7-5-4-6-8-22)44(33(50)21-45)32(49)17-27(39)35(51)41-14-13-40-29(46)20-43-30(47)11-12-31(43)48/h4-12,15-16,19,27,34,45H,13-14,17-18,20-21,39H2,1-3H3,(H,40,46)(H,41,51)/t27-,34-/m0/s1. The number of nitrogens with one attached hydrogen (secondary N) is 2. The molecule has 5 N–H and O–H groups in total. The van der Waals surface area contributed by atoms with Gasteiger partial charge in [0.05, 0.1) is 18.5 Å². The molecule has 2 atom stereocenters. The minimum atomic E-state index is -1.44. The average molecular weight is 707 g/mol. The number of benzene rings is 2. The fraction of sp³-hybridized carbons (Fsp3) is 0.333.